The topological polar surface area (TPSA) is 59.4 Å². The number of nitrogens with zero attached hydrogens (tertiary/aromatic N) is 5. The molecule has 2 aromatic heterocycles. The fourth-order valence-electron chi connectivity index (χ4n) is 2.26. The van der Waals surface area contributed by atoms with Gasteiger partial charge in [-0.3, -0.25) is 9.36 Å². The zero-order valence-electron chi connectivity index (χ0n) is 10.4. The van der Waals surface area contributed by atoms with Gasteiger partial charge in [0, 0.05) is 25.0 Å². The first kappa shape index (κ1) is 11.9. The summed E-state index contributed by atoms with van der Waals surface area (Å²) in [6.07, 6.45) is 3.45. The normalized spacial score (nSPS) is 10.8. The summed E-state index contributed by atoms with van der Waals surface area (Å²) >= 11 is 3.47. The molecule has 0 unspecified atom stereocenters. The van der Waals surface area contributed by atoms with E-state index in [9.17, 15) is 5.26 Å². The van der Waals surface area contributed by atoms with Crippen LogP contribution < -0.4 is 0 Å². The van der Waals surface area contributed by atoms with Gasteiger partial charge >= 0.3 is 0 Å². The van der Waals surface area contributed by atoms with Gasteiger partial charge in [0.1, 0.15) is 6.07 Å². The molecule has 0 amide bonds. The molecule has 0 saturated heterocycles. The molecule has 0 fully saturated rings. The van der Waals surface area contributed by atoms with Crippen molar-refractivity contribution >= 4 is 26.8 Å². The fourth-order valence-corrected chi connectivity index (χ4v) is 2.82. The van der Waals surface area contributed by atoms with Crippen LogP contribution in [0.2, 0.25) is 0 Å². The van der Waals surface area contributed by atoms with Crippen LogP contribution in [0.5, 0.6) is 0 Å². The Morgan fingerprint density at radius 2 is 1.89 bits per heavy atom. The molecule has 0 bridgehead atoms. The van der Waals surface area contributed by atoms with Crippen LogP contribution >= 0.6 is 15.9 Å². The van der Waals surface area contributed by atoms with E-state index in [2.05, 4.69) is 32.2 Å². The van der Waals surface area contributed by atoms with Crippen molar-refractivity contribution in [2.24, 2.45) is 14.1 Å². The van der Waals surface area contributed by atoms with Crippen LogP contribution in [0.15, 0.2) is 29.0 Å². The van der Waals surface area contributed by atoms with Crippen molar-refractivity contribution < 1.29 is 0 Å². The molecule has 3 rings (SSSR count). The lowest BCUT2D eigenvalue weighted by atomic mass is 10.0. The van der Waals surface area contributed by atoms with Gasteiger partial charge in [-0.15, -0.1) is 0 Å². The molecule has 6 heteroatoms. The third kappa shape index (κ3) is 1.66. The van der Waals surface area contributed by atoms with Crippen LogP contribution in [-0.2, 0) is 14.1 Å². The van der Waals surface area contributed by atoms with Crippen LogP contribution in [0.1, 0.15) is 5.56 Å². The molecule has 0 aliphatic carbocycles. The second-order valence-electron chi connectivity index (χ2n) is 4.27. The van der Waals surface area contributed by atoms with Gasteiger partial charge in [0.15, 0.2) is 0 Å². The molecule has 0 saturated carbocycles. The highest BCUT2D eigenvalue weighted by Gasteiger charge is 2.16. The van der Waals surface area contributed by atoms with E-state index in [1.165, 1.54) is 0 Å². The van der Waals surface area contributed by atoms with Gasteiger partial charge < -0.3 is 0 Å². The van der Waals surface area contributed by atoms with Crippen LogP contribution in [0, 0.1) is 11.3 Å². The summed E-state index contributed by atoms with van der Waals surface area (Å²) in [6.45, 7) is 0. The molecule has 2 heterocycles. The van der Waals surface area contributed by atoms with Crippen LogP contribution in [-0.4, -0.2) is 19.6 Å². The van der Waals surface area contributed by atoms with Crippen LogP contribution in [0.3, 0.4) is 0 Å². The Hall–Kier alpha value is -2.13. The van der Waals surface area contributed by atoms with Gasteiger partial charge in [-0.1, -0.05) is 0 Å². The molecule has 5 nitrogen and oxygen atoms in total. The second kappa shape index (κ2) is 4.21. The number of aryl methyl sites for hydroxylation is 2. The quantitative estimate of drug-likeness (QED) is 0.693. The molecule has 0 atom stereocenters. The van der Waals surface area contributed by atoms with E-state index in [0.29, 0.717) is 5.56 Å². The maximum atomic E-state index is 9.47. The summed E-state index contributed by atoms with van der Waals surface area (Å²) in [5.74, 6) is 0. The zero-order valence-corrected chi connectivity index (χ0v) is 12.0. The molecule has 0 N–H and O–H groups in total. The molecule has 3 aromatic rings. The number of benzene rings is 1. The molecular weight excluding hydrogens is 306 g/mol. The van der Waals surface area contributed by atoms with E-state index in [1.807, 2.05) is 26.2 Å². The van der Waals surface area contributed by atoms with E-state index in [1.54, 1.807) is 21.8 Å². The largest absolute Gasteiger partial charge is 0.268 e. The lowest BCUT2D eigenvalue weighted by molar-refractivity contribution is 0.775. The highest BCUT2D eigenvalue weighted by molar-refractivity contribution is 9.10. The zero-order chi connectivity index (χ0) is 13.6. The van der Waals surface area contributed by atoms with Gasteiger partial charge in [-0.25, -0.2) is 0 Å². The molecule has 19 heavy (non-hydrogen) atoms. The van der Waals surface area contributed by atoms with Gasteiger partial charge in [0.2, 0.25) is 0 Å². The Kier molecular flexibility index (Phi) is 2.64. The van der Waals surface area contributed by atoms with Crippen molar-refractivity contribution in [2.75, 3.05) is 0 Å². The van der Waals surface area contributed by atoms with Gasteiger partial charge in [-0.05, 0) is 28.1 Å². The maximum absolute atomic E-state index is 9.47. The summed E-state index contributed by atoms with van der Waals surface area (Å²) in [7, 11) is 3.72. The minimum Gasteiger partial charge on any atom is -0.268 e. The summed E-state index contributed by atoms with van der Waals surface area (Å²) in [6, 6.07) is 6.18. The number of hydrogen-bond acceptors (Lipinski definition) is 3. The Morgan fingerprint density at radius 3 is 2.53 bits per heavy atom. The average molecular weight is 316 g/mol. The summed E-state index contributed by atoms with van der Waals surface area (Å²) in [5, 5.41) is 18.7. The highest BCUT2D eigenvalue weighted by Crippen LogP contribution is 2.33. The molecular formula is C13H10BrN5. The first-order valence-electron chi connectivity index (χ1n) is 5.66. The predicted molar refractivity (Wildman–Crippen MR) is 75.3 cm³/mol. The number of hydrogen-bond donors (Lipinski definition) is 0. The summed E-state index contributed by atoms with van der Waals surface area (Å²) < 4.78 is 4.38. The number of fused-ring (bicyclic) bond motifs is 1. The SMILES string of the molecule is Cn1ncc(Br)c1-c1ccc2c(cnn2C)c1C#N. The number of nitriles is 1. The monoisotopic (exact) mass is 315 g/mol. The first-order chi connectivity index (χ1) is 9.13. The Balaban J connectivity index is 2.40. The number of halogens is 1. The standard InChI is InChI=1S/C13H10BrN5/c1-18-12-4-3-8(9(5-15)10(12)6-16-18)13-11(14)7-17-19(13)2/h3-4,6-7H,1-2H3. The van der Waals surface area contributed by atoms with E-state index in [0.717, 1.165) is 26.6 Å². The highest BCUT2D eigenvalue weighted by atomic mass is 79.9. The summed E-state index contributed by atoms with van der Waals surface area (Å²) in [5.41, 5.74) is 3.31. The van der Waals surface area contributed by atoms with Crippen molar-refractivity contribution in [1.29, 1.82) is 5.26 Å². The van der Waals surface area contributed by atoms with E-state index in [-0.39, 0.29) is 0 Å². The molecule has 0 aliphatic heterocycles. The van der Waals surface area contributed by atoms with Crippen molar-refractivity contribution in [3.63, 3.8) is 0 Å². The van der Waals surface area contributed by atoms with Crippen LogP contribution in [0.4, 0.5) is 0 Å². The smallest absolute Gasteiger partial charge is 0.101 e. The minimum atomic E-state index is 0.620. The number of rotatable bonds is 1. The van der Waals surface area contributed by atoms with Crippen molar-refractivity contribution in [3.8, 4) is 17.3 Å². The molecule has 0 radical (unpaired) electrons. The molecule has 1 aromatic carbocycles. The second-order valence-corrected chi connectivity index (χ2v) is 5.12. The minimum absolute atomic E-state index is 0.620. The van der Waals surface area contributed by atoms with Crippen molar-refractivity contribution in [1.82, 2.24) is 19.6 Å². The first-order valence-corrected chi connectivity index (χ1v) is 6.45. The van der Waals surface area contributed by atoms with Crippen molar-refractivity contribution in [3.05, 3.63) is 34.6 Å². The van der Waals surface area contributed by atoms with Crippen molar-refractivity contribution in [2.45, 2.75) is 0 Å². The Morgan fingerprint density at radius 1 is 1.16 bits per heavy atom. The van der Waals surface area contributed by atoms with Gasteiger partial charge in [0.05, 0.1) is 33.6 Å². The lowest BCUT2D eigenvalue weighted by Crippen LogP contribution is -1.97. The molecule has 0 aliphatic rings. The third-order valence-corrected chi connectivity index (χ3v) is 3.77. The van der Waals surface area contributed by atoms with E-state index >= 15 is 0 Å². The van der Waals surface area contributed by atoms with E-state index in [4.69, 9.17) is 0 Å². The maximum Gasteiger partial charge on any atom is 0.101 e. The average Bonchev–Trinajstić information content (AvgIpc) is 2.93. The third-order valence-electron chi connectivity index (χ3n) is 3.19. The summed E-state index contributed by atoms with van der Waals surface area (Å²) in [4.78, 5) is 0. The fraction of sp³-hybridized carbons (Fsp3) is 0.154. The number of aromatic nitrogens is 4. The molecule has 0 spiro atoms. The Bertz CT molecular complexity index is 802. The van der Waals surface area contributed by atoms with Gasteiger partial charge in [0.25, 0.3) is 0 Å². The van der Waals surface area contributed by atoms with E-state index < -0.39 is 0 Å². The lowest BCUT2D eigenvalue weighted by Gasteiger charge is -2.07. The molecule has 94 valence electrons. The van der Waals surface area contributed by atoms with Gasteiger partial charge in [-0.2, -0.15) is 15.5 Å². The predicted octanol–water partition coefficient (Wildman–Crippen LogP) is 2.61. The Labute approximate surface area is 118 Å². The van der Waals surface area contributed by atoms with Crippen LogP contribution in [0.25, 0.3) is 22.2 Å².